The van der Waals surface area contributed by atoms with Crippen molar-refractivity contribution in [2.75, 3.05) is 50.1 Å². The average molecular weight is 640 g/mol. The normalized spacial score (nSPS) is 15.3. The molecule has 1 atom stereocenters. The summed E-state index contributed by atoms with van der Waals surface area (Å²) in [4.78, 5) is 47.7. The first-order valence-corrected chi connectivity index (χ1v) is 15.2. The first-order chi connectivity index (χ1) is 21.8. The van der Waals surface area contributed by atoms with E-state index in [1.54, 1.807) is 63.4 Å². The number of ether oxygens (including phenoxy) is 1. The zero-order chi connectivity index (χ0) is 33.6. The Morgan fingerprint density at radius 2 is 1.70 bits per heavy atom. The SMILES string of the molecule is CCN1C(=O)C(C)(C)C(=O)N(C)c2cc(OCCCC(NCCN(C)C(=O)c3ccc(C(F)(F)F)cc3)c3ccncc3)ccc21. The lowest BCUT2D eigenvalue weighted by atomic mass is 9.90. The van der Waals surface area contributed by atoms with Gasteiger partial charge in [-0.15, -0.1) is 0 Å². The third kappa shape index (κ3) is 7.67. The van der Waals surface area contributed by atoms with Crippen molar-refractivity contribution in [3.05, 3.63) is 83.7 Å². The summed E-state index contributed by atoms with van der Waals surface area (Å²) in [6.45, 7) is 6.77. The smallest absolute Gasteiger partial charge is 0.416 e. The molecule has 12 heteroatoms. The van der Waals surface area contributed by atoms with Crippen LogP contribution in [-0.4, -0.2) is 67.9 Å². The Kier molecular flexibility index (Phi) is 10.7. The van der Waals surface area contributed by atoms with E-state index < -0.39 is 17.2 Å². The van der Waals surface area contributed by atoms with Crippen LogP contribution < -0.4 is 19.9 Å². The van der Waals surface area contributed by atoms with Gasteiger partial charge in [0.1, 0.15) is 11.2 Å². The summed E-state index contributed by atoms with van der Waals surface area (Å²) in [6, 6.07) is 13.3. The molecule has 0 saturated heterocycles. The number of likely N-dealkylation sites (N-methyl/N-ethyl adjacent to an activating group) is 1. The van der Waals surface area contributed by atoms with Gasteiger partial charge >= 0.3 is 6.18 Å². The van der Waals surface area contributed by atoms with E-state index in [0.29, 0.717) is 56.2 Å². The molecule has 0 radical (unpaired) electrons. The maximum atomic E-state index is 13.1. The van der Waals surface area contributed by atoms with Gasteiger partial charge in [-0.05, 0) is 87.7 Å². The number of aromatic nitrogens is 1. The van der Waals surface area contributed by atoms with Crippen molar-refractivity contribution >= 4 is 29.1 Å². The number of carbonyl (C=O) groups is 3. The second-order valence-electron chi connectivity index (χ2n) is 11.8. The Morgan fingerprint density at radius 1 is 1.02 bits per heavy atom. The molecule has 0 saturated carbocycles. The predicted octanol–water partition coefficient (Wildman–Crippen LogP) is 5.72. The third-order valence-electron chi connectivity index (χ3n) is 8.19. The molecule has 1 aromatic heterocycles. The zero-order valence-corrected chi connectivity index (χ0v) is 26.7. The predicted molar refractivity (Wildman–Crippen MR) is 170 cm³/mol. The molecule has 0 spiro atoms. The molecule has 0 aliphatic carbocycles. The van der Waals surface area contributed by atoms with Crippen molar-refractivity contribution in [3.8, 4) is 5.75 Å². The number of fused-ring (bicyclic) bond motifs is 1. The van der Waals surface area contributed by atoms with Crippen LogP contribution in [0.2, 0.25) is 0 Å². The molecule has 1 aliphatic rings. The number of anilines is 2. The maximum absolute atomic E-state index is 13.1. The van der Waals surface area contributed by atoms with Crippen LogP contribution in [0, 0.1) is 5.41 Å². The number of halogens is 3. The number of nitrogens with zero attached hydrogens (tertiary/aromatic N) is 4. The Hall–Kier alpha value is -4.45. The van der Waals surface area contributed by atoms with Gasteiger partial charge in [-0.3, -0.25) is 19.4 Å². The standard InChI is InChI=1S/C34H40F3N5O4/c1-6-42-28-14-13-26(22-29(28)41(5)31(44)33(2,3)32(42)45)46-21-7-8-27(23-15-17-38-18-16-23)39-19-20-40(4)30(43)24-9-11-25(12-10-24)34(35,36)37/h9-18,22,27,39H,6-8,19-21H2,1-5H3. The fraction of sp³-hybridized carbons (Fsp3) is 0.412. The highest BCUT2D eigenvalue weighted by atomic mass is 19.4. The molecule has 246 valence electrons. The van der Waals surface area contributed by atoms with E-state index in [1.165, 1.54) is 21.9 Å². The molecular weight excluding hydrogens is 599 g/mol. The number of rotatable bonds is 12. The molecular formula is C34H40F3N5O4. The summed E-state index contributed by atoms with van der Waals surface area (Å²) in [5, 5.41) is 3.47. The van der Waals surface area contributed by atoms with Crippen LogP contribution in [0.15, 0.2) is 67.0 Å². The molecule has 2 heterocycles. The van der Waals surface area contributed by atoms with E-state index in [-0.39, 0.29) is 29.3 Å². The summed E-state index contributed by atoms with van der Waals surface area (Å²) in [7, 11) is 3.28. The average Bonchev–Trinajstić information content (AvgIpc) is 3.09. The quantitative estimate of drug-likeness (QED) is 0.201. The highest BCUT2D eigenvalue weighted by Gasteiger charge is 2.45. The second-order valence-corrected chi connectivity index (χ2v) is 11.8. The van der Waals surface area contributed by atoms with Gasteiger partial charge in [0.2, 0.25) is 11.8 Å². The van der Waals surface area contributed by atoms with Crippen LogP contribution in [0.5, 0.6) is 5.75 Å². The van der Waals surface area contributed by atoms with Crippen LogP contribution in [0.3, 0.4) is 0 Å². The number of pyridine rings is 1. The van der Waals surface area contributed by atoms with Gasteiger partial charge in [-0.25, -0.2) is 0 Å². The van der Waals surface area contributed by atoms with Crippen molar-refractivity contribution in [1.29, 1.82) is 0 Å². The van der Waals surface area contributed by atoms with Crippen LogP contribution in [0.1, 0.15) is 61.1 Å². The van der Waals surface area contributed by atoms with Gasteiger partial charge in [-0.2, -0.15) is 13.2 Å². The van der Waals surface area contributed by atoms with E-state index in [1.807, 2.05) is 19.1 Å². The number of benzene rings is 2. The van der Waals surface area contributed by atoms with E-state index in [0.717, 1.165) is 17.7 Å². The van der Waals surface area contributed by atoms with E-state index in [9.17, 15) is 27.6 Å². The minimum Gasteiger partial charge on any atom is -0.494 e. The number of hydrogen-bond acceptors (Lipinski definition) is 6. The fourth-order valence-corrected chi connectivity index (χ4v) is 5.46. The zero-order valence-electron chi connectivity index (χ0n) is 26.7. The first kappa shape index (κ1) is 34.4. The van der Waals surface area contributed by atoms with Crippen LogP contribution in [-0.2, 0) is 15.8 Å². The van der Waals surface area contributed by atoms with Gasteiger partial charge in [-0.1, -0.05) is 0 Å². The second kappa shape index (κ2) is 14.3. The molecule has 1 aliphatic heterocycles. The molecule has 1 unspecified atom stereocenters. The van der Waals surface area contributed by atoms with Crippen molar-refractivity contribution in [2.24, 2.45) is 5.41 Å². The number of nitrogens with one attached hydrogen (secondary N) is 1. The molecule has 2 aromatic carbocycles. The highest BCUT2D eigenvalue weighted by molar-refractivity contribution is 6.20. The Morgan fingerprint density at radius 3 is 2.33 bits per heavy atom. The number of hydrogen-bond donors (Lipinski definition) is 1. The lowest BCUT2D eigenvalue weighted by Crippen LogP contribution is -2.47. The van der Waals surface area contributed by atoms with Gasteiger partial charge in [0.25, 0.3) is 5.91 Å². The van der Waals surface area contributed by atoms with Crippen molar-refractivity contribution in [1.82, 2.24) is 15.2 Å². The summed E-state index contributed by atoms with van der Waals surface area (Å²) >= 11 is 0. The molecule has 0 bridgehead atoms. The summed E-state index contributed by atoms with van der Waals surface area (Å²) in [5.74, 6) is -0.320. The Labute approximate surface area is 267 Å². The molecule has 1 N–H and O–H groups in total. The van der Waals surface area contributed by atoms with Crippen LogP contribution in [0.25, 0.3) is 0 Å². The van der Waals surface area contributed by atoms with Crippen molar-refractivity contribution in [2.45, 2.75) is 45.8 Å². The third-order valence-corrected chi connectivity index (χ3v) is 8.19. The van der Waals surface area contributed by atoms with Gasteiger partial charge in [0.15, 0.2) is 0 Å². The van der Waals surface area contributed by atoms with Crippen molar-refractivity contribution in [3.63, 3.8) is 0 Å². The minimum absolute atomic E-state index is 0.0664. The number of carbonyl (C=O) groups excluding carboxylic acids is 3. The molecule has 46 heavy (non-hydrogen) atoms. The summed E-state index contributed by atoms with van der Waals surface area (Å²) in [6.07, 6.45) is 0.339. The van der Waals surface area contributed by atoms with Crippen molar-refractivity contribution < 1.29 is 32.3 Å². The van der Waals surface area contributed by atoms with Gasteiger partial charge in [0.05, 0.1) is 23.5 Å². The van der Waals surface area contributed by atoms with Gasteiger partial charge in [0, 0.05) is 63.8 Å². The Bertz CT molecular complexity index is 1530. The van der Waals surface area contributed by atoms with Crippen LogP contribution >= 0.6 is 0 Å². The fourth-order valence-electron chi connectivity index (χ4n) is 5.46. The largest absolute Gasteiger partial charge is 0.494 e. The van der Waals surface area contributed by atoms with E-state index >= 15 is 0 Å². The molecule has 4 rings (SSSR count). The summed E-state index contributed by atoms with van der Waals surface area (Å²) < 4.78 is 44.7. The summed E-state index contributed by atoms with van der Waals surface area (Å²) in [5.41, 5.74) is 0.475. The molecule has 9 nitrogen and oxygen atoms in total. The number of amides is 3. The topological polar surface area (TPSA) is 95.1 Å². The Balaban J connectivity index is 1.35. The molecule has 3 aromatic rings. The highest BCUT2D eigenvalue weighted by Crippen LogP contribution is 2.40. The molecule has 3 amide bonds. The monoisotopic (exact) mass is 639 g/mol. The first-order valence-electron chi connectivity index (χ1n) is 15.2. The molecule has 0 fully saturated rings. The maximum Gasteiger partial charge on any atom is 0.416 e. The van der Waals surface area contributed by atoms with E-state index in [4.69, 9.17) is 4.74 Å². The lowest BCUT2D eigenvalue weighted by molar-refractivity contribution is -0.138. The van der Waals surface area contributed by atoms with E-state index in [2.05, 4.69) is 10.3 Å². The minimum atomic E-state index is -4.46. The lowest BCUT2D eigenvalue weighted by Gasteiger charge is -2.27. The van der Waals surface area contributed by atoms with Crippen LogP contribution in [0.4, 0.5) is 24.5 Å². The number of alkyl halides is 3. The van der Waals surface area contributed by atoms with Gasteiger partial charge < -0.3 is 24.8 Å².